The van der Waals surface area contributed by atoms with Crippen molar-refractivity contribution in [2.24, 2.45) is 13.0 Å². The standard InChI is InChI=1S/C36H46FN5O4/c1-8-41(21(2)3)33(43)29-18-25(37)10-12-27(29)28-16-24(17-31-30(28)19-38-39(31)7)23-13-14-40(20-23)34(44)32-22-9-11-26(15-22)42(32)35(45)46-36(4,5)6/h10,12,16-19,21-23,26,32H,8-9,11,13-15,20H2,1-7H3/t22-,23?,26+,32-/m0/s1. The van der Waals surface area contributed by atoms with Crippen molar-refractivity contribution < 1.29 is 23.5 Å². The van der Waals surface area contributed by atoms with Crippen LogP contribution in [0.15, 0.2) is 36.5 Å². The number of likely N-dealkylation sites (tertiary alicyclic amines) is 2. The number of aromatic nitrogens is 2. The van der Waals surface area contributed by atoms with E-state index in [9.17, 15) is 18.8 Å². The fourth-order valence-corrected chi connectivity index (χ4v) is 7.86. The van der Waals surface area contributed by atoms with Crippen LogP contribution >= 0.6 is 0 Å². The van der Waals surface area contributed by atoms with Crippen LogP contribution in [0.1, 0.15) is 89.1 Å². The molecule has 1 saturated carbocycles. The van der Waals surface area contributed by atoms with Crippen molar-refractivity contribution in [3.05, 3.63) is 53.5 Å². The zero-order valence-electron chi connectivity index (χ0n) is 28.0. The van der Waals surface area contributed by atoms with Crippen LogP contribution in [0.2, 0.25) is 0 Å². The molecule has 3 aromatic rings. The summed E-state index contributed by atoms with van der Waals surface area (Å²) in [5.74, 6) is -0.464. The lowest BCUT2D eigenvalue weighted by molar-refractivity contribution is -0.137. The zero-order valence-corrected chi connectivity index (χ0v) is 28.0. The number of fused-ring (bicyclic) bond motifs is 3. The molecule has 3 aliphatic rings. The van der Waals surface area contributed by atoms with Crippen molar-refractivity contribution in [1.29, 1.82) is 0 Å². The van der Waals surface area contributed by atoms with Crippen molar-refractivity contribution in [2.45, 2.75) is 96.9 Å². The van der Waals surface area contributed by atoms with Gasteiger partial charge >= 0.3 is 6.09 Å². The smallest absolute Gasteiger partial charge is 0.411 e. The van der Waals surface area contributed by atoms with Crippen LogP contribution in [0.5, 0.6) is 0 Å². The molecule has 9 nitrogen and oxygen atoms in total. The first-order valence-electron chi connectivity index (χ1n) is 16.6. The molecule has 2 aromatic carbocycles. The topological polar surface area (TPSA) is 88.0 Å². The number of rotatable bonds is 6. The number of carbonyl (C=O) groups is 3. The summed E-state index contributed by atoms with van der Waals surface area (Å²) in [5, 5.41) is 5.40. The van der Waals surface area contributed by atoms with Crippen molar-refractivity contribution in [2.75, 3.05) is 19.6 Å². The van der Waals surface area contributed by atoms with Crippen LogP contribution in [0, 0.1) is 11.7 Å². The number of hydrogen-bond acceptors (Lipinski definition) is 5. The average Bonchev–Trinajstić information content (AvgIpc) is 3.80. The third kappa shape index (κ3) is 5.75. The summed E-state index contributed by atoms with van der Waals surface area (Å²) in [4.78, 5) is 46.5. The van der Waals surface area contributed by atoms with E-state index in [4.69, 9.17) is 4.74 Å². The second-order valence-corrected chi connectivity index (χ2v) is 14.5. The first-order chi connectivity index (χ1) is 21.8. The summed E-state index contributed by atoms with van der Waals surface area (Å²) < 4.78 is 22.2. The van der Waals surface area contributed by atoms with E-state index in [1.807, 2.05) is 58.2 Å². The molecule has 0 N–H and O–H groups in total. The van der Waals surface area contributed by atoms with Gasteiger partial charge < -0.3 is 14.5 Å². The van der Waals surface area contributed by atoms with E-state index >= 15 is 0 Å². The van der Waals surface area contributed by atoms with E-state index in [1.54, 1.807) is 22.1 Å². The summed E-state index contributed by atoms with van der Waals surface area (Å²) in [6, 6.07) is 8.14. The van der Waals surface area contributed by atoms with Gasteiger partial charge in [-0.2, -0.15) is 5.10 Å². The minimum atomic E-state index is -0.633. The largest absolute Gasteiger partial charge is 0.444 e. The summed E-state index contributed by atoms with van der Waals surface area (Å²) in [7, 11) is 1.88. The fourth-order valence-electron chi connectivity index (χ4n) is 7.86. The van der Waals surface area contributed by atoms with Crippen LogP contribution in [-0.2, 0) is 16.6 Å². The summed E-state index contributed by atoms with van der Waals surface area (Å²) >= 11 is 0. The highest BCUT2D eigenvalue weighted by Crippen LogP contribution is 2.45. The van der Waals surface area contributed by atoms with E-state index in [1.165, 1.54) is 12.1 Å². The highest BCUT2D eigenvalue weighted by atomic mass is 19.1. The third-order valence-electron chi connectivity index (χ3n) is 10.0. The number of benzene rings is 2. The Morgan fingerprint density at radius 1 is 1.09 bits per heavy atom. The van der Waals surface area contributed by atoms with Gasteiger partial charge in [-0.15, -0.1) is 0 Å². The van der Waals surface area contributed by atoms with E-state index < -0.39 is 23.6 Å². The maximum atomic E-state index is 14.6. The first-order valence-corrected chi connectivity index (χ1v) is 16.6. The minimum Gasteiger partial charge on any atom is -0.444 e. The maximum Gasteiger partial charge on any atom is 0.411 e. The predicted octanol–water partition coefficient (Wildman–Crippen LogP) is 6.35. The van der Waals surface area contributed by atoms with Gasteiger partial charge in [-0.05, 0) is 114 Å². The Kier molecular flexibility index (Phi) is 8.36. The highest BCUT2D eigenvalue weighted by Gasteiger charge is 2.54. The van der Waals surface area contributed by atoms with E-state index in [0.29, 0.717) is 30.8 Å². The molecule has 2 bridgehead atoms. The number of ether oxygens (including phenoxy) is 1. The number of piperidine rings is 1. The summed E-state index contributed by atoms with van der Waals surface area (Å²) in [5.41, 5.74) is 3.10. The molecule has 3 amide bonds. The van der Waals surface area contributed by atoms with Gasteiger partial charge in [0.25, 0.3) is 5.91 Å². The molecule has 6 rings (SSSR count). The van der Waals surface area contributed by atoms with Crippen molar-refractivity contribution in [1.82, 2.24) is 24.5 Å². The van der Waals surface area contributed by atoms with Crippen LogP contribution < -0.4 is 0 Å². The Bertz CT molecular complexity index is 1680. The molecule has 10 heteroatoms. The van der Waals surface area contributed by atoms with E-state index in [0.717, 1.165) is 47.7 Å². The molecular weight excluding hydrogens is 585 g/mol. The number of carbonyl (C=O) groups excluding carboxylic acids is 3. The second-order valence-electron chi connectivity index (χ2n) is 14.5. The number of nitrogens with zero attached hydrogens (tertiary/aromatic N) is 5. The quantitative estimate of drug-likeness (QED) is 0.316. The first kappa shape index (κ1) is 32.0. The molecule has 3 fully saturated rings. The molecule has 246 valence electrons. The van der Waals surface area contributed by atoms with Gasteiger partial charge in [0, 0.05) is 50.1 Å². The molecule has 0 spiro atoms. The number of hydrogen-bond donors (Lipinski definition) is 0. The number of aryl methyl sites for hydroxylation is 1. The lowest BCUT2D eigenvalue weighted by Gasteiger charge is -2.37. The van der Waals surface area contributed by atoms with E-state index in [2.05, 4.69) is 17.2 Å². The van der Waals surface area contributed by atoms with Gasteiger partial charge in [-0.25, -0.2) is 9.18 Å². The van der Waals surface area contributed by atoms with Crippen LogP contribution in [0.3, 0.4) is 0 Å². The Labute approximate surface area is 270 Å². The highest BCUT2D eigenvalue weighted by molar-refractivity contribution is 6.05. The van der Waals surface area contributed by atoms with Gasteiger partial charge in [-0.3, -0.25) is 19.2 Å². The van der Waals surface area contributed by atoms with Gasteiger partial charge in [0.1, 0.15) is 17.5 Å². The molecule has 2 aliphatic heterocycles. The van der Waals surface area contributed by atoms with Crippen LogP contribution in [0.4, 0.5) is 9.18 Å². The second kappa shape index (κ2) is 12.0. The molecule has 0 radical (unpaired) electrons. The van der Waals surface area contributed by atoms with Crippen molar-refractivity contribution in [3.8, 4) is 11.1 Å². The molecule has 3 heterocycles. The summed E-state index contributed by atoms with van der Waals surface area (Å²) in [6.45, 7) is 13.0. The SMILES string of the molecule is CCN(C(=O)c1cc(F)ccc1-c1cc(C2CCN(C(=O)[C@@H]3[C@H]4CC[C@H](C4)N3C(=O)OC(C)(C)C)C2)cc2c1cnn2C)C(C)C. The normalized spacial score (nSPS) is 22.7. The molecule has 1 aliphatic carbocycles. The number of amides is 3. The molecular formula is C36H46FN5O4. The third-order valence-corrected chi connectivity index (χ3v) is 10.0. The Morgan fingerprint density at radius 2 is 1.85 bits per heavy atom. The van der Waals surface area contributed by atoms with Crippen LogP contribution in [-0.4, -0.2) is 85.7 Å². The minimum absolute atomic E-state index is 0.00199. The molecule has 2 saturated heterocycles. The molecule has 1 unspecified atom stereocenters. The Balaban J connectivity index is 1.32. The lowest BCUT2D eigenvalue weighted by atomic mass is 9.90. The van der Waals surface area contributed by atoms with Gasteiger partial charge in [-0.1, -0.05) is 6.07 Å². The average molecular weight is 632 g/mol. The molecule has 4 atom stereocenters. The van der Waals surface area contributed by atoms with Crippen LogP contribution in [0.25, 0.3) is 22.0 Å². The van der Waals surface area contributed by atoms with Gasteiger partial charge in [0.2, 0.25) is 5.91 Å². The number of halogens is 1. The zero-order chi connectivity index (χ0) is 33.1. The molecule has 1 aromatic heterocycles. The lowest BCUT2D eigenvalue weighted by Crippen LogP contribution is -2.54. The molecule has 46 heavy (non-hydrogen) atoms. The Hall–Kier alpha value is -3.95. The fraction of sp³-hybridized carbons (Fsp3) is 0.556. The van der Waals surface area contributed by atoms with Gasteiger partial charge in [0.05, 0.1) is 17.3 Å². The summed E-state index contributed by atoms with van der Waals surface area (Å²) in [6.07, 6.45) is 4.86. The predicted molar refractivity (Wildman–Crippen MR) is 175 cm³/mol. The van der Waals surface area contributed by atoms with Gasteiger partial charge in [0.15, 0.2) is 0 Å². The maximum absolute atomic E-state index is 14.6. The van der Waals surface area contributed by atoms with Crippen molar-refractivity contribution >= 4 is 28.8 Å². The van der Waals surface area contributed by atoms with E-state index in [-0.39, 0.29) is 35.7 Å². The van der Waals surface area contributed by atoms with Crippen molar-refractivity contribution in [3.63, 3.8) is 0 Å². The monoisotopic (exact) mass is 631 g/mol. The Morgan fingerprint density at radius 3 is 2.54 bits per heavy atom.